The summed E-state index contributed by atoms with van der Waals surface area (Å²) in [5, 5.41) is 31.4. The van der Waals surface area contributed by atoms with Crippen molar-refractivity contribution in [2.75, 3.05) is 39.6 Å². The lowest BCUT2D eigenvalue weighted by atomic mass is 9.82. The molecule has 14 rings (SSSR count). The molecule has 6 aromatic rings. The Labute approximate surface area is 756 Å². The van der Waals surface area contributed by atoms with Crippen molar-refractivity contribution >= 4 is 66.7 Å². The van der Waals surface area contributed by atoms with Crippen LogP contribution in [0.15, 0.2) is 191 Å². The maximum Gasteiger partial charge on any atom is 0.168 e. The van der Waals surface area contributed by atoms with Crippen molar-refractivity contribution in [1.82, 2.24) is 10.6 Å². The van der Waals surface area contributed by atoms with Crippen LogP contribution in [0.5, 0.6) is 0 Å². The van der Waals surface area contributed by atoms with Gasteiger partial charge in [0.15, 0.2) is 49.2 Å². The van der Waals surface area contributed by atoms with Gasteiger partial charge in [-0.25, -0.2) is 64.0 Å². The van der Waals surface area contributed by atoms with Crippen LogP contribution in [-0.2, 0) is 102 Å². The molecule has 6 aromatic carbocycles. The number of fused-ring (bicyclic) bond motifs is 3. The summed E-state index contributed by atoms with van der Waals surface area (Å²) >= 11 is 0. The molecule has 11 N–H and O–H groups in total. The van der Waals surface area contributed by atoms with Gasteiger partial charge in [-0.3, -0.25) is 15.0 Å². The summed E-state index contributed by atoms with van der Waals surface area (Å²) in [6, 6.07) is 39.5. The number of nitrogens with zero attached hydrogens (tertiary/aromatic N) is 3. The number of benzene rings is 6. The Hall–Kier alpha value is -8.07. The average molecular weight is 1890 g/mol. The number of halogens is 5. The SMILES string of the molecule is C.C.C.C.C.C=C1NC(CO)(c2ccccc2F)C(C[C@@H](C)O)S(=O)(=O)C1(C)C.C=C1NC(COCc2ccccc2)(c2ccccc2F)C(C[C@@H](C)O)S(=O)(=O)C1(C)C.CC1(C)C(N)=NC2(c3ccccc3F)COCCC2S1(=O)=O.C[C@@H]1C[C@@H]2[C@](c3ccccc3F)(CO1)N=C(N)C(C)(C)S2(=O)=O.C[C@H]1C[C@@H]2[C@](c3ccccc3F)(CO1)N=C(N)C(C)(C)S2(=O)=O. The topological polar surface area (TPSA) is 408 Å². The molecular formula is C93H135F5N8O17S5. The molecule has 0 saturated carbocycles. The quantitative estimate of drug-likeness (QED) is 0.0470. The maximum absolute atomic E-state index is 15.1. The minimum atomic E-state index is -3.88. The van der Waals surface area contributed by atoms with Crippen molar-refractivity contribution in [2.24, 2.45) is 32.2 Å². The molecule has 128 heavy (non-hydrogen) atoms. The first kappa shape index (κ1) is 110. The van der Waals surface area contributed by atoms with Crippen LogP contribution >= 0.6 is 0 Å². The second-order valence-corrected chi connectivity index (χ2v) is 48.8. The summed E-state index contributed by atoms with van der Waals surface area (Å²) in [5.41, 5.74) is 13.2. The van der Waals surface area contributed by atoms with Gasteiger partial charge in [-0.1, -0.05) is 172 Å². The van der Waals surface area contributed by atoms with Crippen LogP contribution in [0.25, 0.3) is 0 Å². The Morgan fingerprint density at radius 3 is 1.05 bits per heavy atom. The van der Waals surface area contributed by atoms with Gasteiger partial charge in [0, 0.05) is 45.8 Å². The Morgan fingerprint density at radius 2 is 0.727 bits per heavy atom. The van der Waals surface area contributed by atoms with Gasteiger partial charge in [0.05, 0.1) is 90.3 Å². The molecule has 8 aliphatic heterocycles. The van der Waals surface area contributed by atoms with E-state index in [9.17, 15) is 75.0 Å². The fourth-order valence-electron chi connectivity index (χ4n) is 17.3. The third-order valence-corrected chi connectivity index (χ3v) is 40.7. The molecule has 5 saturated heterocycles. The number of aliphatic hydroxyl groups is 3. The maximum atomic E-state index is 15.1. The van der Waals surface area contributed by atoms with Crippen molar-refractivity contribution in [3.05, 3.63) is 239 Å². The van der Waals surface area contributed by atoms with Crippen LogP contribution in [0.2, 0.25) is 0 Å². The fraction of sp³-hybridized carbons (Fsp3) is 0.538. The normalized spacial score (nSPS) is 30.1. The number of hydrogen-bond acceptors (Lipinski definition) is 25. The number of rotatable bonds is 14. The third-order valence-electron chi connectivity index (χ3n) is 25.8. The minimum Gasteiger partial charge on any atom is -0.394 e. The number of amidine groups is 3. The van der Waals surface area contributed by atoms with Crippen molar-refractivity contribution in [2.45, 2.75) is 275 Å². The number of nitrogens with two attached hydrogens (primary N) is 3. The smallest absolute Gasteiger partial charge is 0.168 e. The molecule has 8 heterocycles. The van der Waals surface area contributed by atoms with Gasteiger partial charge in [-0.2, -0.15) is 0 Å². The van der Waals surface area contributed by atoms with E-state index in [-0.39, 0.29) is 171 Å². The van der Waals surface area contributed by atoms with E-state index < -0.39 is 175 Å². The predicted octanol–water partition coefficient (Wildman–Crippen LogP) is 13.2. The van der Waals surface area contributed by atoms with Crippen molar-refractivity contribution in [1.29, 1.82) is 0 Å². The van der Waals surface area contributed by atoms with Crippen LogP contribution < -0.4 is 27.8 Å². The summed E-state index contributed by atoms with van der Waals surface area (Å²) < 4.78 is 222. The molecule has 714 valence electrons. The van der Waals surface area contributed by atoms with Crippen molar-refractivity contribution in [3.8, 4) is 0 Å². The van der Waals surface area contributed by atoms with Gasteiger partial charge in [-0.05, 0) is 165 Å². The molecule has 0 bridgehead atoms. The standard InChI is InChI=1S/C24H30FNO4S.C17H24FNO4S.2C16H21FN2O3S.C15H19FN2O3S.5CH4/c1-17(27)14-22-24(20-12-8-9-13-21(20)25,16-30-15-19-10-6-5-7-11-19)26-18(2)23(3,4)31(22,28)29;1-11(21)9-15-17(10-20,13-7-5-6-8-14(13)18)19-12(2)16(3,4)24(15,22)23;2*1-10-8-13-16(9-22-10,11-6-4-5-7-12(11)17)19-14(18)15(2,3)23(13,20)21;1-14(2)13(17)18-15(10-5-3-4-6-11(10)16)9-21-8-7-12(15)22(14,19)20;;;;;/h5-13,17,22,26-27H,2,14-16H2,1,3-4H3;5-8,11,15,19-21H,2,9-10H2,1,3-4H3;2*4-7,10,13H,8-9H2,1-3H3,(H2,18,19);3-6,12H,7-9H2,1-2H3,(H2,17,18);5*1H4/t17-,22?,24?;11-,15?,17?;10-,13+,16+;10-,13-,16-;;;;;;/m1101....../s1. The molecule has 6 unspecified atom stereocenters. The lowest BCUT2D eigenvalue weighted by Gasteiger charge is -2.51. The highest BCUT2D eigenvalue weighted by Gasteiger charge is 2.66. The van der Waals surface area contributed by atoms with Gasteiger partial charge in [-0.15, -0.1) is 0 Å². The Bertz CT molecular complexity index is 5540. The van der Waals surface area contributed by atoms with E-state index in [0.29, 0.717) is 6.61 Å². The van der Waals surface area contributed by atoms with Crippen LogP contribution in [0.3, 0.4) is 0 Å². The van der Waals surface area contributed by atoms with Crippen LogP contribution in [0.4, 0.5) is 22.0 Å². The summed E-state index contributed by atoms with van der Waals surface area (Å²) in [5.74, 6) is -2.68. The average Bonchev–Trinajstić information content (AvgIpc) is 0.716. The zero-order valence-electron chi connectivity index (χ0n) is 71.6. The fourth-order valence-corrected chi connectivity index (χ4v) is 29.1. The molecule has 0 spiro atoms. The summed E-state index contributed by atoms with van der Waals surface area (Å²) in [4.78, 5) is 13.5. The first-order valence-electron chi connectivity index (χ1n) is 40.4. The highest BCUT2D eigenvalue weighted by molar-refractivity contribution is 7.95. The predicted molar refractivity (Wildman–Crippen MR) is 499 cm³/mol. The molecule has 25 nitrogen and oxygen atoms in total. The van der Waals surface area contributed by atoms with E-state index in [1.54, 1.807) is 134 Å². The van der Waals surface area contributed by atoms with Crippen LogP contribution in [0.1, 0.15) is 200 Å². The molecule has 5 fully saturated rings. The molecule has 0 amide bonds. The van der Waals surface area contributed by atoms with E-state index in [2.05, 4.69) is 38.8 Å². The monoisotopic (exact) mass is 1890 g/mol. The number of nitrogens with one attached hydrogen (secondary N) is 2. The zero-order valence-corrected chi connectivity index (χ0v) is 75.7. The third kappa shape index (κ3) is 19.1. The summed E-state index contributed by atoms with van der Waals surface area (Å²) in [6.45, 7) is 29.6. The zero-order chi connectivity index (χ0) is 91.5. The molecule has 8 aliphatic rings. The highest BCUT2D eigenvalue weighted by Crippen LogP contribution is 2.53. The van der Waals surface area contributed by atoms with Gasteiger partial charge in [0.1, 0.15) is 98.0 Å². The molecule has 0 aliphatic carbocycles. The number of hydrogen-bond donors (Lipinski definition) is 8. The first-order chi connectivity index (χ1) is 57.0. The van der Waals surface area contributed by atoms with Crippen LogP contribution in [0, 0.1) is 29.1 Å². The lowest BCUT2D eigenvalue weighted by Crippen LogP contribution is -2.67. The Kier molecular flexibility index (Phi) is 34.7. The van der Waals surface area contributed by atoms with E-state index in [4.69, 9.17) is 36.1 Å². The second-order valence-electron chi connectivity index (χ2n) is 35.4. The largest absolute Gasteiger partial charge is 0.394 e. The second kappa shape index (κ2) is 40.2. The van der Waals surface area contributed by atoms with E-state index in [1.807, 2.05) is 44.2 Å². The number of ether oxygens (including phenoxy) is 4. The van der Waals surface area contributed by atoms with E-state index >= 15 is 4.39 Å². The van der Waals surface area contributed by atoms with Gasteiger partial charge in [0.25, 0.3) is 0 Å². The Morgan fingerprint density at radius 1 is 0.438 bits per heavy atom. The molecule has 0 aromatic heterocycles. The van der Waals surface area contributed by atoms with Crippen LogP contribution in [-0.4, -0.2) is 189 Å². The summed E-state index contributed by atoms with van der Waals surface area (Å²) in [7, 11) is -18.7. The molecular weight excluding hydrogens is 1760 g/mol. The lowest BCUT2D eigenvalue weighted by molar-refractivity contribution is -0.0181. The Balaban J connectivity index is 0.000000282. The van der Waals surface area contributed by atoms with Gasteiger partial charge in [0.2, 0.25) is 0 Å². The minimum absolute atomic E-state index is 0. The molecule has 14 atom stereocenters. The number of sulfone groups is 5. The highest BCUT2D eigenvalue weighted by atomic mass is 32.2. The van der Waals surface area contributed by atoms with Gasteiger partial charge >= 0.3 is 0 Å². The van der Waals surface area contributed by atoms with Gasteiger partial charge < -0.3 is 62.1 Å². The molecule has 0 radical (unpaired) electrons. The number of aliphatic imine (C=N–C) groups is 3. The first-order valence-corrected chi connectivity index (χ1v) is 48.1. The van der Waals surface area contributed by atoms with Crippen molar-refractivity contribution < 1.29 is 98.3 Å². The van der Waals surface area contributed by atoms with E-state index in [1.165, 1.54) is 70.2 Å². The van der Waals surface area contributed by atoms with Crippen molar-refractivity contribution in [3.63, 3.8) is 0 Å². The molecule has 35 heteroatoms. The van der Waals surface area contributed by atoms with E-state index in [0.717, 1.165) is 5.56 Å². The number of aliphatic hydroxyl groups excluding tert-OH is 3. The summed E-state index contributed by atoms with van der Waals surface area (Å²) in [6.07, 6.45) is -1.74.